The Morgan fingerprint density at radius 1 is 1.07 bits per heavy atom. The molecule has 0 aromatic heterocycles. The number of benzene rings is 2. The van der Waals surface area contributed by atoms with Crippen molar-refractivity contribution < 1.29 is 23.1 Å². The van der Waals surface area contributed by atoms with Crippen LogP contribution in [0.2, 0.25) is 0 Å². The minimum atomic E-state index is -3.66. The first-order valence-electron chi connectivity index (χ1n) is 8.43. The molecule has 3 N–H and O–H groups in total. The van der Waals surface area contributed by atoms with Crippen molar-refractivity contribution in [3.05, 3.63) is 59.2 Å². The van der Waals surface area contributed by atoms with Crippen molar-refractivity contribution in [1.29, 1.82) is 0 Å². The monoisotopic (exact) mass is 405 g/mol. The number of aliphatic carboxylic acids is 1. The molecule has 150 valence electrons. The zero-order valence-electron chi connectivity index (χ0n) is 16.1. The summed E-state index contributed by atoms with van der Waals surface area (Å²) in [6.45, 7) is 3.64. The van der Waals surface area contributed by atoms with Gasteiger partial charge in [0.2, 0.25) is 10.0 Å². The van der Waals surface area contributed by atoms with Gasteiger partial charge in [-0.2, -0.15) is 0 Å². The standard InChI is InChI=1S/C19H23N3O5S/c1-12-7-5-10-16(13(12)2)17(18(23)24)21-19(25)20-14-8-6-9-15(11-14)28(26,27)22(3)4/h5-11,17H,1-4H3,(H,23,24)(H2,20,21,25)/t17-/m0/s1. The highest BCUT2D eigenvalue weighted by molar-refractivity contribution is 7.89. The van der Waals surface area contributed by atoms with Gasteiger partial charge in [0, 0.05) is 19.8 Å². The summed E-state index contributed by atoms with van der Waals surface area (Å²) in [4.78, 5) is 24.0. The van der Waals surface area contributed by atoms with Crippen molar-refractivity contribution in [2.45, 2.75) is 24.8 Å². The number of urea groups is 1. The molecule has 0 saturated heterocycles. The Balaban J connectivity index is 2.23. The van der Waals surface area contributed by atoms with Crippen LogP contribution in [0, 0.1) is 13.8 Å². The van der Waals surface area contributed by atoms with E-state index in [-0.39, 0.29) is 10.6 Å². The molecule has 0 aliphatic rings. The lowest BCUT2D eigenvalue weighted by atomic mass is 9.97. The summed E-state index contributed by atoms with van der Waals surface area (Å²) in [6.07, 6.45) is 0. The van der Waals surface area contributed by atoms with Gasteiger partial charge in [-0.05, 0) is 48.7 Å². The van der Waals surface area contributed by atoms with E-state index in [1.165, 1.54) is 38.4 Å². The third kappa shape index (κ3) is 4.68. The molecule has 0 unspecified atom stereocenters. The third-order valence-corrected chi connectivity index (χ3v) is 6.16. The van der Waals surface area contributed by atoms with Crippen LogP contribution in [0.5, 0.6) is 0 Å². The molecule has 0 saturated carbocycles. The zero-order valence-corrected chi connectivity index (χ0v) is 16.9. The van der Waals surface area contributed by atoms with Gasteiger partial charge in [-0.3, -0.25) is 0 Å². The lowest BCUT2D eigenvalue weighted by Gasteiger charge is -2.19. The minimum Gasteiger partial charge on any atom is -0.479 e. The van der Waals surface area contributed by atoms with Crippen LogP contribution in [-0.4, -0.2) is 43.9 Å². The largest absolute Gasteiger partial charge is 0.479 e. The summed E-state index contributed by atoms with van der Waals surface area (Å²) in [5.74, 6) is -1.20. The van der Waals surface area contributed by atoms with Crippen LogP contribution < -0.4 is 10.6 Å². The molecule has 2 rings (SSSR count). The topological polar surface area (TPSA) is 116 Å². The Hall–Kier alpha value is -2.91. The number of hydrogen-bond acceptors (Lipinski definition) is 4. The number of carbonyl (C=O) groups is 2. The molecule has 28 heavy (non-hydrogen) atoms. The summed E-state index contributed by atoms with van der Waals surface area (Å²) in [7, 11) is -0.844. The van der Waals surface area contributed by atoms with Gasteiger partial charge < -0.3 is 15.7 Å². The molecule has 9 heteroatoms. The van der Waals surface area contributed by atoms with Crippen LogP contribution in [0.15, 0.2) is 47.4 Å². The maximum Gasteiger partial charge on any atom is 0.330 e. The van der Waals surface area contributed by atoms with Gasteiger partial charge in [0.15, 0.2) is 6.04 Å². The first-order chi connectivity index (χ1) is 13.0. The second-order valence-electron chi connectivity index (χ2n) is 6.47. The van der Waals surface area contributed by atoms with Gasteiger partial charge in [0.25, 0.3) is 0 Å². The number of nitrogens with one attached hydrogen (secondary N) is 2. The van der Waals surface area contributed by atoms with E-state index in [1.807, 2.05) is 13.0 Å². The molecule has 0 fully saturated rings. The number of carboxylic acids is 1. The molecule has 2 aromatic carbocycles. The van der Waals surface area contributed by atoms with Crippen LogP contribution in [-0.2, 0) is 14.8 Å². The van der Waals surface area contributed by atoms with Crippen molar-refractivity contribution in [3.8, 4) is 0 Å². The number of nitrogens with zero attached hydrogens (tertiary/aromatic N) is 1. The predicted octanol–water partition coefficient (Wildman–Crippen LogP) is 2.50. The van der Waals surface area contributed by atoms with E-state index in [4.69, 9.17) is 0 Å². The van der Waals surface area contributed by atoms with Crippen LogP contribution in [0.4, 0.5) is 10.5 Å². The van der Waals surface area contributed by atoms with Gasteiger partial charge in [0.05, 0.1) is 4.90 Å². The summed E-state index contributed by atoms with van der Waals surface area (Å²) >= 11 is 0. The summed E-state index contributed by atoms with van der Waals surface area (Å²) in [6, 6.07) is 8.95. The molecule has 0 bridgehead atoms. The lowest BCUT2D eigenvalue weighted by Crippen LogP contribution is -2.37. The van der Waals surface area contributed by atoms with E-state index >= 15 is 0 Å². The Labute approximate surface area is 164 Å². The number of carbonyl (C=O) groups excluding carboxylic acids is 1. The Morgan fingerprint density at radius 3 is 2.32 bits per heavy atom. The number of amides is 2. The number of anilines is 1. The highest BCUT2D eigenvalue weighted by Gasteiger charge is 2.24. The smallest absolute Gasteiger partial charge is 0.330 e. The average Bonchev–Trinajstić information content (AvgIpc) is 2.62. The van der Waals surface area contributed by atoms with E-state index in [0.29, 0.717) is 5.56 Å². The molecular weight excluding hydrogens is 382 g/mol. The fourth-order valence-electron chi connectivity index (χ4n) is 2.60. The second kappa shape index (κ2) is 8.41. The number of rotatable bonds is 6. The van der Waals surface area contributed by atoms with E-state index in [1.54, 1.807) is 19.1 Å². The SMILES string of the molecule is Cc1cccc([C@H](NC(=O)Nc2cccc(S(=O)(=O)N(C)C)c2)C(=O)O)c1C. The fraction of sp³-hybridized carbons (Fsp3) is 0.263. The Morgan fingerprint density at radius 2 is 1.71 bits per heavy atom. The van der Waals surface area contributed by atoms with Crippen molar-refractivity contribution in [1.82, 2.24) is 9.62 Å². The molecule has 1 atom stereocenters. The van der Waals surface area contributed by atoms with E-state index < -0.39 is 28.1 Å². The number of sulfonamides is 1. The average molecular weight is 405 g/mol. The molecule has 2 aromatic rings. The third-order valence-electron chi connectivity index (χ3n) is 4.35. The molecule has 0 radical (unpaired) electrons. The van der Waals surface area contributed by atoms with Crippen molar-refractivity contribution >= 4 is 27.7 Å². The van der Waals surface area contributed by atoms with Gasteiger partial charge in [0.1, 0.15) is 0 Å². The highest BCUT2D eigenvalue weighted by atomic mass is 32.2. The highest BCUT2D eigenvalue weighted by Crippen LogP contribution is 2.22. The molecule has 2 amide bonds. The molecule has 0 aliphatic carbocycles. The molecular formula is C19H23N3O5S. The lowest BCUT2D eigenvalue weighted by molar-refractivity contribution is -0.139. The predicted molar refractivity (Wildman–Crippen MR) is 106 cm³/mol. The van der Waals surface area contributed by atoms with Crippen LogP contribution >= 0.6 is 0 Å². The van der Waals surface area contributed by atoms with Crippen LogP contribution in [0.3, 0.4) is 0 Å². The Bertz CT molecular complexity index is 1000. The molecule has 0 heterocycles. The Kier molecular flexibility index (Phi) is 6.42. The van der Waals surface area contributed by atoms with Gasteiger partial charge in [-0.1, -0.05) is 24.3 Å². The molecule has 8 nitrogen and oxygen atoms in total. The van der Waals surface area contributed by atoms with Crippen molar-refractivity contribution in [2.24, 2.45) is 0 Å². The first-order valence-corrected chi connectivity index (χ1v) is 9.87. The maximum atomic E-state index is 12.3. The summed E-state index contributed by atoms with van der Waals surface area (Å²) in [5.41, 5.74) is 2.39. The van der Waals surface area contributed by atoms with E-state index in [0.717, 1.165) is 15.4 Å². The second-order valence-corrected chi connectivity index (χ2v) is 8.63. The normalized spacial score (nSPS) is 12.5. The summed E-state index contributed by atoms with van der Waals surface area (Å²) in [5, 5.41) is 14.4. The maximum absolute atomic E-state index is 12.3. The van der Waals surface area contributed by atoms with E-state index in [9.17, 15) is 23.1 Å². The van der Waals surface area contributed by atoms with Gasteiger partial charge in [-0.15, -0.1) is 0 Å². The molecule has 0 spiro atoms. The number of carboxylic acid groups (broad SMARTS) is 1. The van der Waals surface area contributed by atoms with Crippen LogP contribution in [0.25, 0.3) is 0 Å². The quantitative estimate of drug-likeness (QED) is 0.683. The van der Waals surface area contributed by atoms with E-state index in [2.05, 4.69) is 10.6 Å². The van der Waals surface area contributed by atoms with Crippen molar-refractivity contribution in [2.75, 3.05) is 19.4 Å². The van der Waals surface area contributed by atoms with Crippen molar-refractivity contribution in [3.63, 3.8) is 0 Å². The first kappa shape index (κ1) is 21.4. The zero-order chi connectivity index (χ0) is 21.1. The van der Waals surface area contributed by atoms with Crippen LogP contribution in [0.1, 0.15) is 22.7 Å². The van der Waals surface area contributed by atoms with Gasteiger partial charge in [-0.25, -0.2) is 22.3 Å². The number of hydrogen-bond donors (Lipinski definition) is 3. The number of aryl methyl sites for hydroxylation is 1. The fourth-order valence-corrected chi connectivity index (χ4v) is 3.55. The summed E-state index contributed by atoms with van der Waals surface area (Å²) < 4.78 is 25.5. The minimum absolute atomic E-state index is 0.0135. The molecule has 0 aliphatic heterocycles. The van der Waals surface area contributed by atoms with Gasteiger partial charge >= 0.3 is 12.0 Å².